The second-order valence-corrected chi connectivity index (χ2v) is 8.83. The topological polar surface area (TPSA) is 90.8 Å². The molecule has 2 amide bonds. The third-order valence-electron chi connectivity index (χ3n) is 5.68. The van der Waals surface area contributed by atoms with Crippen molar-refractivity contribution in [2.45, 2.75) is 50.6 Å². The first-order valence-corrected chi connectivity index (χ1v) is 11.3. The predicted molar refractivity (Wildman–Crippen MR) is 115 cm³/mol. The Morgan fingerprint density at radius 1 is 1.23 bits per heavy atom. The van der Waals surface area contributed by atoms with Gasteiger partial charge in [0.1, 0.15) is 6.04 Å². The predicted octanol–water partition coefficient (Wildman–Crippen LogP) is 3.81. The number of carbonyl (C=O) groups excluding carboxylic acids is 2. The van der Waals surface area contributed by atoms with Crippen molar-refractivity contribution in [2.24, 2.45) is 0 Å². The molecule has 1 saturated heterocycles. The Kier molecular flexibility index (Phi) is 6.06. The number of aromatic nitrogens is 1. The highest BCUT2D eigenvalue weighted by molar-refractivity contribution is 7.14. The number of hydrogen-bond donors (Lipinski definition) is 1. The Labute approximate surface area is 183 Å². The lowest BCUT2D eigenvalue weighted by molar-refractivity contribution is -0.146. The van der Waals surface area contributed by atoms with E-state index >= 15 is 0 Å². The number of rotatable bonds is 5. The Hall–Kier alpha value is -2.45. The summed E-state index contributed by atoms with van der Waals surface area (Å²) in [5.41, 5.74) is 1.40. The second kappa shape index (κ2) is 8.73. The minimum absolute atomic E-state index is 0.0688. The summed E-state index contributed by atoms with van der Waals surface area (Å²) >= 11 is 7.55. The quantitative estimate of drug-likeness (QED) is 0.752. The molecule has 1 atom stereocenters. The van der Waals surface area contributed by atoms with Crippen molar-refractivity contribution in [3.8, 4) is 11.3 Å². The number of anilines is 1. The van der Waals surface area contributed by atoms with Crippen molar-refractivity contribution in [3.63, 3.8) is 0 Å². The minimum Gasteiger partial charge on any atom is -0.481 e. The number of aliphatic carboxylic acids is 1. The van der Waals surface area contributed by atoms with Crippen LogP contribution in [0.4, 0.5) is 5.13 Å². The van der Waals surface area contributed by atoms with Crippen LogP contribution in [-0.2, 0) is 14.4 Å². The van der Waals surface area contributed by atoms with E-state index in [1.165, 1.54) is 16.2 Å². The smallest absolute Gasteiger partial charge is 0.305 e. The summed E-state index contributed by atoms with van der Waals surface area (Å²) in [5.74, 6) is -1.64. The molecule has 2 aliphatic rings. The highest BCUT2D eigenvalue weighted by Crippen LogP contribution is 2.34. The summed E-state index contributed by atoms with van der Waals surface area (Å²) in [6.45, 7) is 0.187. The molecule has 0 spiro atoms. The van der Waals surface area contributed by atoms with Crippen LogP contribution in [0.15, 0.2) is 29.6 Å². The molecule has 2 heterocycles. The average molecular weight is 448 g/mol. The Balaban J connectivity index is 1.66. The molecule has 1 aromatic heterocycles. The third kappa shape index (κ3) is 4.06. The van der Waals surface area contributed by atoms with Crippen LogP contribution in [0.3, 0.4) is 0 Å². The van der Waals surface area contributed by atoms with E-state index < -0.39 is 18.4 Å². The van der Waals surface area contributed by atoms with Crippen LogP contribution in [0.2, 0.25) is 5.02 Å². The van der Waals surface area contributed by atoms with Crippen molar-refractivity contribution < 1.29 is 19.5 Å². The van der Waals surface area contributed by atoms with Gasteiger partial charge < -0.3 is 10.0 Å². The zero-order chi connectivity index (χ0) is 21.3. The molecule has 1 unspecified atom stereocenters. The summed E-state index contributed by atoms with van der Waals surface area (Å²) in [7, 11) is 0. The number of amides is 2. The Bertz CT molecular complexity index is 973. The molecule has 2 fully saturated rings. The molecule has 4 rings (SSSR count). The van der Waals surface area contributed by atoms with E-state index in [1.54, 1.807) is 11.0 Å². The van der Waals surface area contributed by atoms with Gasteiger partial charge in [0.15, 0.2) is 5.13 Å². The summed E-state index contributed by atoms with van der Waals surface area (Å²) in [6.07, 6.45) is 3.34. The first kappa shape index (κ1) is 20.8. The maximum Gasteiger partial charge on any atom is 0.305 e. The highest BCUT2D eigenvalue weighted by atomic mass is 35.5. The molecule has 1 N–H and O–H groups in total. The van der Waals surface area contributed by atoms with E-state index in [-0.39, 0.29) is 30.8 Å². The highest BCUT2D eigenvalue weighted by Gasteiger charge is 2.42. The van der Waals surface area contributed by atoms with Crippen molar-refractivity contribution in [2.75, 3.05) is 11.4 Å². The number of halogens is 1. The standard InChI is InChI=1S/C21H22ClN3O4S/c22-15-8-4-3-7-14(15)16-12-30-21(23-16)24-10-9-18(26)25(13-5-1-2-6-13)17(20(24)29)11-19(27)28/h3-4,7-8,12-13,17H,1-2,5-6,9-11H2,(H,27,28). The van der Waals surface area contributed by atoms with Crippen LogP contribution in [0.5, 0.6) is 0 Å². The molecule has 1 aliphatic carbocycles. The molecule has 1 saturated carbocycles. The van der Waals surface area contributed by atoms with Gasteiger partial charge in [-0.25, -0.2) is 4.98 Å². The number of hydrogen-bond acceptors (Lipinski definition) is 5. The van der Waals surface area contributed by atoms with E-state index in [9.17, 15) is 19.5 Å². The fourth-order valence-corrected chi connectivity index (χ4v) is 5.37. The van der Waals surface area contributed by atoms with Crippen molar-refractivity contribution in [1.29, 1.82) is 0 Å². The molecule has 30 heavy (non-hydrogen) atoms. The van der Waals surface area contributed by atoms with Crippen LogP contribution >= 0.6 is 22.9 Å². The number of thiazole rings is 1. The molecular weight excluding hydrogens is 426 g/mol. The van der Waals surface area contributed by atoms with Gasteiger partial charge in [-0.15, -0.1) is 11.3 Å². The number of nitrogens with zero attached hydrogens (tertiary/aromatic N) is 3. The summed E-state index contributed by atoms with van der Waals surface area (Å²) in [6, 6.07) is 6.24. The molecule has 1 aromatic carbocycles. The summed E-state index contributed by atoms with van der Waals surface area (Å²) in [5, 5.41) is 12.3. The van der Waals surface area contributed by atoms with Crippen molar-refractivity contribution >= 4 is 45.9 Å². The Morgan fingerprint density at radius 3 is 2.67 bits per heavy atom. The van der Waals surface area contributed by atoms with E-state index in [0.717, 1.165) is 31.2 Å². The molecule has 2 aromatic rings. The number of benzene rings is 1. The lowest BCUT2D eigenvalue weighted by Gasteiger charge is -2.34. The van der Waals surface area contributed by atoms with E-state index in [1.807, 2.05) is 23.6 Å². The van der Waals surface area contributed by atoms with Gasteiger partial charge in [-0.2, -0.15) is 0 Å². The van der Waals surface area contributed by atoms with Crippen molar-refractivity contribution in [1.82, 2.24) is 9.88 Å². The van der Waals surface area contributed by atoms with E-state index in [0.29, 0.717) is 15.8 Å². The molecule has 1 aliphatic heterocycles. The van der Waals surface area contributed by atoms with Gasteiger partial charge in [-0.1, -0.05) is 42.6 Å². The lowest BCUT2D eigenvalue weighted by Crippen LogP contribution is -2.52. The van der Waals surface area contributed by atoms with Gasteiger partial charge in [0.05, 0.1) is 12.1 Å². The summed E-state index contributed by atoms with van der Waals surface area (Å²) < 4.78 is 0. The van der Waals surface area contributed by atoms with Gasteiger partial charge in [0, 0.05) is 35.0 Å². The maximum atomic E-state index is 13.4. The molecule has 158 valence electrons. The van der Waals surface area contributed by atoms with E-state index in [4.69, 9.17) is 11.6 Å². The zero-order valence-electron chi connectivity index (χ0n) is 16.3. The average Bonchev–Trinajstić information content (AvgIpc) is 3.38. The SMILES string of the molecule is O=C(O)CC1C(=O)N(c2nc(-c3ccccc3Cl)cs2)CCC(=O)N1C1CCCC1. The molecule has 9 heteroatoms. The number of carboxylic acid groups (broad SMARTS) is 1. The third-order valence-corrected chi connectivity index (χ3v) is 6.88. The van der Waals surface area contributed by atoms with Crippen LogP contribution in [0.25, 0.3) is 11.3 Å². The molecular formula is C21H22ClN3O4S. The first-order valence-electron chi connectivity index (χ1n) is 10.0. The van der Waals surface area contributed by atoms with Gasteiger partial charge in [0.2, 0.25) is 5.91 Å². The second-order valence-electron chi connectivity index (χ2n) is 7.59. The molecule has 7 nitrogen and oxygen atoms in total. The maximum absolute atomic E-state index is 13.4. The van der Waals surface area contributed by atoms with Crippen LogP contribution in [-0.4, -0.2) is 51.4 Å². The summed E-state index contributed by atoms with van der Waals surface area (Å²) in [4.78, 5) is 45.4. The molecule has 0 radical (unpaired) electrons. The largest absolute Gasteiger partial charge is 0.481 e. The van der Waals surface area contributed by atoms with Crippen LogP contribution in [0.1, 0.15) is 38.5 Å². The van der Waals surface area contributed by atoms with Crippen LogP contribution < -0.4 is 4.90 Å². The van der Waals surface area contributed by atoms with Gasteiger partial charge in [-0.05, 0) is 18.9 Å². The number of carbonyl (C=O) groups is 3. The van der Waals surface area contributed by atoms with Gasteiger partial charge in [0.25, 0.3) is 5.91 Å². The number of carboxylic acids is 1. The molecule has 0 bridgehead atoms. The normalized spacial score (nSPS) is 20.6. The first-order chi connectivity index (χ1) is 14.5. The lowest BCUT2D eigenvalue weighted by atomic mass is 10.1. The monoisotopic (exact) mass is 447 g/mol. The fourth-order valence-electron chi connectivity index (χ4n) is 4.28. The Morgan fingerprint density at radius 2 is 1.97 bits per heavy atom. The van der Waals surface area contributed by atoms with Gasteiger partial charge >= 0.3 is 5.97 Å². The van der Waals surface area contributed by atoms with Crippen LogP contribution in [0, 0.1) is 0 Å². The van der Waals surface area contributed by atoms with Gasteiger partial charge in [-0.3, -0.25) is 19.3 Å². The van der Waals surface area contributed by atoms with Crippen molar-refractivity contribution in [3.05, 3.63) is 34.7 Å². The fraction of sp³-hybridized carbons (Fsp3) is 0.429. The zero-order valence-corrected chi connectivity index (χ0v) is 17.9. The van der Waals surface area contributed by atoms with E-state index in [2.05, 4.69) is 4.98 Å². The minimum atomic E-state index is -1.10.